The molecule has 1 rings (SSSR count). The molecule has 0 radical (unpaired) electrons. The van der Waals surface area contributed by atoms with E-state index in [2.05, 4.69) is 10.6 Å². The van der Waals surface area contributed by atoms with Crippen molar-refractivity contribution in [3.63, 3.8) is 0 Å². The first kappa shape index (κ1) is 16.1. The molecule has 0 heterocycles. The Labute approximate surface area is 117 Å². The first-order valence-corrected chi connectivity index (χ1v) is 6.46. The number of benzene rings is 1. The summed E-state index contributed by atoms with van der Waals surface area (Å²) in [5, 5.41) is 14.0. The van der Waals surface area contributed by atoms with E-state index in [0.717, 1.165) is 6.07 Å². The van der Waals surface area contributed by atoms with Crippen molar-refractivity contribution in [2.75, 3.05) is 11.9 Å². The maximum Gasteiger partial charge on any atom is 0.313 e. The van der Waals surface area contributed by atoms with Crippen molar-refractivity contribution >= 4 is 17.5 Å². The molecule has 3 N–H and O–H groups in total. The minimum absolute atomic E-state index is 0.212. The highest BCUT2D eigenvalue weighted by Gasteiger charge is 2.14. The van der Waals surface area contributed by atoms with E-state index in [9.17, 15) is 19.1 Å². The molecule has 0 saturated carbocycles. The summed E-state index contributed by atoms with van der Waals surface area (Å²) in [5.74, 6) is -2.15. The van der Waals surface area contributed by atoms with Gasteiger partial charge in [-0.25, -0.2) is 4.39 Å². The Morgan fingerprint density at radius 3 is 2.60 bits per heavy atom. The van der Waals surface area contributed by atoms with Gasteiger partial charge in [0.05, 0.1) is 6.10 Å². The molecule has 1 aromatic carbocycles. The molecule has 1 unspecified atom stereocenters. The number of carbonyl (C=O) groups excluding carboxylic acids is 2. The van der Waals surface area contributed by atoms with Gasteiger partial charge in [0, 0.05) is 12.2 Å². The quantitative estimate of drug-likeness (QED) is 0.713. The topological polar surface area (TPSA) is 78.4 Å². The zero-order valence-corrected chi connectivity index (χ0v) is 11.6. The second kappa shape index (κ2) is 7.59. The number of anilines is 1. The number of aliphatic hydroxyl groups is 1. The lowest BCUT2D eigenvalue weighted by Crippen LogP contribution is -2.36. The van der Waals surface area contributed by atoms with Crippen LogP contribution in [-0.4, -0.2) is 29.6 Å². The van der Waals surface area contributed by atoms with Crippen molar-refractivity contribution in [1.82, 2.24) is 5.32 Å². The van der Waals surface area contributed by atoms with Crippen LogP contribution in [0.3, 0.4) is 0 Å². The van der Waals surface area contributed by atoms with Gasteiger partial charge in [-0.3, -0.25) is 9.59 Å². The minimum Gasteiger partial charge on any atom is -0.393 e. The minimum atomic E-state index is -0.860. The molecule has 0 aromatic heterocycles. The van der Waals surface area contributed by atoms with Gasteiger partial charge >= 0.3 is 11.8 Å². The summed E-state index contributed by atoms with van der Waals surface area (Å²) >= 11 is 0. The molecule has 2 amide bonds. The number of hydrogen-bond donors (Lipinski definition) is 3. The summed E-state index contributed by atoms with van der Waals surface area (Å²) in [6.45, 7) is 3.72. The Kier molecular flexibility index (Phi) is 6.11. The highest BCUT2D eigenvalue weighted by atomic mass is 19.1. The normalized spacial score (nSPS) is 11.8. The van der Waals surface area contributed by atoms with Gasteiger partial charge in [0.15, 0.2) is 0 Å². The van der Waals surface area contributed by atoms with E-state index in [1.807, 2.05) is 6.92 Å². The molecule has 1 atom stereocenters. The number of rotatable bonds is 5. The van der Waals surface area contributed by atoms with Crippen LogP contribution in [0.4, 0.5) is 10.1 Å². The van der Waals surface area contributed by atoms with Crippen LogP contribution < -0.4 is 10.6 Å². The van der Waals surface area contributed by atoms with Crippen molar-refractivity contribution < 1.29 is 19.1 Å². The van der Waals surface area contributed by atoms with Crippen LogP contribution in [0.5, 0.6) is 0 Å². The largest absolute Gasteiger partial charge is 0.393 e. The molecular formula is C14H19FN2O3. The summed E-state index contributed by atoms with van der Waals surface area (Å²) in [6, 6.07) is 4.02. The molecule has 5 nitrogen and oxygen atoms in total. The molecule has 0 spiro atoms. The third kappa shape index (κ3) is 5.36. The molecule has 20 heavy (non-hydrogen) atoms. The summed E-state index contributed by atoms with van der Waals surface area (Å²) in [5.41, 5.74) is 0.878. The van der Waals surface area contributed by atoms with Gasteiger partial charge in [-0.1, -0.05) is 6.92 Å². The average Bonchev–Trinajstić information content (AvgIpc) is 2.36. The van der Waals surface area contributed by atoms with E-state index in [1.54, 1.807) is 13.0 Å². The first-order chi connectivity index (χ1) is 9.42. The third-order valence-corrected chi connectivity index (χ3v) is 2.74. The molecule has 0 bridgehead atoms. The van der Waals surface area contributed by atoms with Crippen LogP contribution >= 0.6 is 0 Å². The Hall–Kier alpha value is -1.95. The first-order valence-electron chi connectivity index (χ1n) is 6.46. The lowest BCUT2D eigenvalue weighted by Gasteiger charge is -2.09. The number of amides is 2. The predicted octanol–water partition coefficient (Wildman–Crippen LogP) is 1.35. The van der Waals surface area contributed by atoms with Gasteiger partial charge in [0.1, 0.15) is 5.82 Å². The van der Waals surface area contributed by atoms with E-state index in [4.69, 9.17) is 0 Å². The van der Waals surface area contributed by atoms with E-state index in [-0.39, 0.29) is 12.2 Å². The lowest BCUT2D eigenvalue weighted by atomic mass is 10.2. The second-order valence-corrected chi connectivity index (χ2v) is 4.58. The molecule has 1 aromatic rings. The highest BCUT2D eigenvalue weighted by molar-refractivity contribution is 6.39. The van der Waals surface area contributed by atoms with Gasteiger partial charge in [-0.2, -0.15) is 0 Å². The number of aliphatic hydroxyl groups excluding tert-OH is 1. The summed E-state index contributed by atoms with van der Waals surface area (Å²) in [4.78, 5) is 23.1. The summed E-state index contributed by atoms with van der Waals surface area (Å²) in [6.07, 6.45) is 0.475. The molecule has 0 saturated heterocycles. The van der Waals surface area contributed by atoms with Crippen LogP contribution in [0.15, 0.2) is 18.2 Å². The zero-order valence-electron chi connectivity index (χ0n) is 11.6. The van der Waals surface area contributed by atoms with Crippen molar-refractivity contribution in [1.29, 1.82) is 0 Å². The lowest BCUT2D eigenvalue weighted by molar-refractivity contribution is -0.136. The maximum atomic E-state index is 13.1. The van der Waals surface area contributed by atoms with Gasteiger partial charge in [-0.15, -0.1) is 0 Å². The fourth-order valence-corrected chi connectivity index (χ4v) is 1.63. The number of hydrogen-bond acceptors (Lipinski definition) is 3. The van der Waals surface area contributed by atoms with Crippen LogP contribution in [0, 0.1) is 12.7 Å². The number of halogens is 1. The zero-order chi connectivity index (χ0) is 15.1. The third-order valence-electron chi connectivity index (χ3n) is 2.74. The van der Waals surface area contributed by atoms with E-state index >= 15 is 0 Å². The van der Waals surface area contributed by atoms with Crippen molar-refractivity contribution in [2.24, 2.45) is 0 Å². The summed E-state index contributed by atoms with van der Waals surface area (Å²) in [7, 11) is 0. The van der Waals surface area contributed by atoms with E-state index in [0.29, 0.717) is 18.4 Å². The van der Waals surface area contributed by atoms with E-state index < -0.39 is 23.7 Å². The molecule has 6 heteroatoms. The fourth-order valence-electron chi connectivity index (χ4n) is 1.63. The van der Waals surface area contributed by atoms with Crippen LogP contribution in [0.25, 0.3) is 0 Å². The monoisotopic (exact) mass is 282 g/mol. The SMILES string of the molecule is CCC(O)CCNC(=O)C(=O)Nc1cc(C)cc(F)c1. The Balaban J connectivity index is 2.47. The smallest absolute Gasteiger partial charge is 0.313 e. The molecule has 0 aliphatic heterocycles. The van der Waals surface area contributed by atoms with E-state index in [1.165, 1.54) is 6.07 Å². The van der Waals surface area contributed by atoms with Crippen molar-refractivity contribution in [2.45, 2.75) is 32.8 Å². The van der Waals surface area contributed by atoms with Crippen molar-refractivity contribution in [3.8, 4) is 0 Å². The highest BCUT2D eigenvalue weighted by Crippen LogP contribution is 2.12. The van der Waals surface area contributed by atoms with Gasteiger partial charge in [0.2, 0.25) is 0 Å². The Morgan fingerprint density at radius 1 is 1.30 bits per heavy atom. The van der Waals surface area contributed by atoms with Gasteiger partial charge in [-0.05, 0) is 43.5 Å². The van der Waals surface area contributed by atoms with Crippen LogP contribution in [-0.2, 0) is 9.59 Å². The molecule has 0 aliphatic carbocycles. The number of nitrogens with one attached hydrogen (secondary N) is 2. The molecule has 110 valence electrons. The Morgan fingerprint density at radius 2 is 2.00 bits per heavy atom. The van der Waals surface area contributed by atoms with Crippen LogP contribution in [0.1, 0.15) is 25.3 Å². The van der Waals surface area contributed by atoms with Crippen LogP contribution in [0.2, 0.25) is 0 Å². The standard InChI is InChI=1S/C14H19FN2O3/c1-3-12(18)4-5-16-13(19)14(20)17-11-7-9(2)6-10(15)8-11/h6-8,12,18H,3-5H2,1-2H3,(H,16,19)(H,17,20). The van der Waals surface area contributed by atoms with Gasteiger partial charge < -0.3 is 15.7 Å². The maximum absolute atomic E-state index is 13.1. The predicted molar refractivity (Wildman–Crippen MR) is 73.7 cm³/mol. The fraction of sp³-hybridized carbons (Fsp3) is 0.429. The molecular weight excluding hydrogens is 263 g/mol. The van der Waals surface area contributed by atoms with Crippen molar-refractivity contribution in [3.05, 3.63) is 29.6 Å². The molecule has 0 aliphatic rings. The molecule has 0 fully saturated rings. The number of carbonyl (C=O) groups is 2. The van der Waals surface area contributed by atoms with Gasteiger partial charge in [0.25, 0.3) is 0 Å². The Bertz CT molecular complexity index is 471. The average molecular weight is 282 g/mol. The second-order valence-electron chi connectivity index (χ2n) is 4.58. The summed E-state index contributed by atoms with van der Waals surface area (Å²) < 4.78 is 13.1. The number of aryl methyl sites for hydroxylation is 1.